The average molecular weight is 321 g/mol. The fourth-order valence-electron chi connectivity index (χ4n) is 1.77. The van der Waals surface area contributed by atoms with Gasteiger partial charge in [0.15, 0.2) is 5.82 Å². The molecule has 2 rings (SSSR count). The summed E-state index contributed by atoms with van der Waals surface area (Å²) >= 11 is 9.05. The first-order chi connectivity index (χ1) is 7.97. The van der Waals surface area contributed by atoms with Crippen LogP contribution in [0.4, 0.5) is 8.78 Å². The van der Waals surface area contributed by atoms with Crippen LogP contribution >= 0.6 is 27.5 Å². The largest absolute Gasteiger partial charge is 0.249 e. The molecule has 17 heavy (non-hydrogen) atoms. The number of fused-ring (bicyclic) bond motifs is 1. The monoisotopic (exact) mass is 319 g/mol. The summed E-state index contributed by atoms with van der Waals surface area (Å²) in [4.78, 5) is 4.14. The Morgan fingerprint density at radius 1 is 1.41 bits per heavy atom. The Kier molecular flexibility index (Phi) is 3.36. The van der Waals surface area contributed by atoms with Crippen molar-refractivity contribution in [1.82, 2.24) is 4.98 Å². The third kappa shape index (κ3) is 1.93. The second-order valence-electron chi connectivity index (χ2n) is 3.73. The van der Waals surface area contributed by atoms with Gasteiger partial charge in [-0.1, -0.05) is 18.5 Å². The van der Waals surface area contributed by atoms with Gasteiger partial charge < -0.3 is 0 Å². The molecule has 0 N–H and O–H groups in total. The molecule has 2 aromatic rings. The van der Waals surface area contributed by atoms with Gasteiger partial charge in [0.1, 0.15) is 11.3 Å². The molecule has 1 aromatic carbocycles. The number of hydrogen-bond donors (Lipinski definition) is 0. The van der Waals surface area contributed by atoms with Crippen LogP contribution in [0.2, 0.25) is 5.02 Å². The number of halogens is 4. The van der Waals surface area contributed by atoms with E-state index in [4.69, 9.17) is 11.6 Å². The molecular weight excluding hydrogens is 311 g/mol. The van der Waals surface area contributed by atoms with E-state index in [0.717, 1.165) is 6.07 Å². The van der Waals surface area contributed by atoms with Crippen molar-refractivity contribution in [3.63, 3.8) is 0 Å². The van der Waals surface area contributed by atoms with Gasteiger partial charge in [0.25, 0.3) is 0 Å². The number of nitrogens with zero attached hydrogens (tertiary/aromatic N) is 1. The molecule has 0 saturated carbocycles. The normalized spacial score (nSPS) is 11.2. The van der Waals surface area contributed by atoms with Crippen molar-refractivity contribution in [1.29, 1.82) is 0 Å². The van der Waals surface area contributed by atoms with Crippen molar-refractivity contribution in [2.24, 2.45) is 0 Å². The summed E-state index contributed by atoms with van der Waals surface area (Å²) in [5.41, 5.74) is 1.36. The minimum absolute atomic E-state index is 0.0156. The molecule has 0 saturated heterocycles. The summed E-state index contributed by atoms with van der Waals surface area (Å²) in [5.74, 6) is -1.16. The number of aryl methyl sites for hydroxylation is 1. The van der Waals surface area contributed by atoms with E-state index in [0.29, 0.717) is 17.7 Å². The molecule has 1 heterocycles. The third-order valence-corrected chi connectivity index (χ3v) is 3.76. The van der Waals surface area contributed by atoms with Crippen LogP contribution in [0.15, 0.2) is 10.5 Å². The second-order valence-corrected chi connectivity index (χ2v) is 4.96. The molecule has 0 amide bonds. The zero-order valence-corrected chi connectivity index (χ0v) is 11.6. The highest BCUT2D eigenvalue weighted by Gasteiger charge is 2.18. The third-order valence-electron chi connectivity index (χ3n) is 2.71. The molecule has 5 heteroatoms. The Bertz CT molecular complexity index is 613. The van der Waals surface area contributed by atoms with Crippen molar-refractivity contribution in [3.8, 4) is 0 Å². The molecule has 0 bridgehead atoms. The Labute approximate surface area is 111 Å². The van der Waals surface area contributed by atoms with Crippen LogP contribution in [-0.2, 0) is 6.42 Å². The first-order valence-corrected chi connectivity index (χ1v) is 6.26. The zero-order chi connectivity index (χ0) is 12.7. The molecule has 0 aliphatic carbocycles. The highest BCUT2D eigenvalue weighted by atomic mass is 79.9. The topological polar surface area (TPSA) is 12.9 Å². The van der Waals surface area contributed by atoms with Gasteiger partial charge in [-0.2, -0.15) is 0 Å². The molecule has 90 valence electrons. The maximum Gasteiger partial charge on any atom is 0.150 e. The first kappa shape index (κ1) is 12.7. The van der Waals surface area contributed by atoms with Crippen LogP contribution in [0.3, 0.4) is 0 Å². The smallest absolute Gasteiger partial charge is 0.150 e. The predicted molar refractivity (Wildman–Crippen MR) is 68.5 cm³/mol. The van der Waals surface area contributed by atoms with Crippen LogP contribution in [0.25, 0.3) is 10.9 Å². The highest BCUT2D eigenvalue weighted by Crippen LogP contribution is 2.34. The lowest BCUT2D eigenvalue weighted by atomic mass is 10.1. The van der Waals surface area contributed by atoms with E-state index in [1.807, 2.05) is 6.92 Å². The highest BCUT2D eigenvalue weighted by molar-refractivity contribution is 9.10. The molecule has 0 aliphatic rings. The quantitative estimate of drug-likeness (QED) is 0.688. The van der Waals surface area contributed by atoms with Crippen LogP contribution in [0, 0.1) is 18.6 Å². The van der Waals surface area contributed by atoms with Gasteiger partial charge in [-0.15, -0.1) is 0 Å². The van der Waals surface area contributed by atoms with E-state index >= 15 is 0 Å². The molecule has 0 spiro atoms. The van der Waals surface area contributed by atoms with E-state index in [1.165, 1.54) is 0 Å². The van der Waals surface area contributed by atoms with Crippen molar-refractivity contribution in [2.75, 3.05) is 0 Å². The Morgan fingerprint density at radius 2 is 2.06 bits per heavy atom. The fraction of sp³-hybridized carbons (Fsp3) is 0.250. The van der Waals surface area contributed by atoms with Crippen LogP contribution < -0.4 is 0 Å². The Hall–Kier alpha value is -0.740. The van der Waals surface area contributed by atoms with Crippen molar-refractivity contribution in [3.05, 3.63) is 38.5 Å². The molecule has 0 unspecified atom stereocenters. The van der Waals surface area contributed by atoms with E-state index < -0.39 is 11.6 Å². The minimum atomic E-state index is -0.579. The van der Waals surface area contributed by atoms with E-state index in [9.17, 15) is 8.78 Å². The van der Waals surface area contributed by atoms with Gasteiger partial charge in [-0.25, -0.2) is 13.8 Å². The van der Waals surface area contributed by atoms with Gasteiger partial charge in [0, 0.05) is 5.69 Å². The summed E-state index contributed by atoms with van der Waals surface area (Å²) in [6.07, 6.45) is 0.624. The minimum Gasteiger partial charge on any atom is -0.249 e. The fourth-order valence-corrected chi connectivity index (χ4v) is 2.45. The summed E-state index contributed by atoms with van der Waals surface area (Å²) in [6, 6.07) is 1.07. The lowest BCUT2D eigenvalue weighted by molar-refractivity contribution is 0.609. The lowest BCUT2D eigenvalue weighted by Gasteiger charge is -2.10. The molecule has 1 aromatic heterocycles. The van der Waals surface area contributed by atoms with Crippen molar-refractivity contribution in [2.45, 2.75) is 20.3 Å². The molecule has 1 nitrogen and oxygen atoms in total. The lowest BCUT2D eigenvalue weighted by Crippen LogP contribution is -1.99. The van der Waals surface area contributed by atoms with Crippen LogP contribution in [-0.4, -0.2) is 4.98 Å². The number of aromatic nitrogens is 1. The molecule has 0 atom stereocenters. The maximum absolute atomic E-state index is 13.9. The molecular formula is C12H9BrClF2N. The summed E-state index contributed by atoms with van der Waals surface area (Å²) in [5, 5.41) is 0.262. The SMILES string of the molecule is CCc1nc2c(F)cc(Br)c(F)c2c(Cl)c1C. The summed E-state index contributed by atoms with van der Waals surface area (Å²) < 4.78 is 27.7. The van der Waals surface area contributed by atoms with E-state index in [-0.39, 0.29) is 20.4 Å². The molecule has 0 fully saturated rings. The second kappa shape index (κ2) is 4.50. The number of hydrogen-bond acceptors (Lipinski definition) is 1. The summed E-state index contributed by atoms with van der Waals surface area (Å²) in [6.45, 7) is 3.65. The predicted octanol–water partition coefficient (Wildman–Crippen LogP) is 4.80. The average Bonchev–Trinajstić information content (AvgIpc) is 2.29. The van der Waals surface area contributed by atoms with Gasteiger partial charge in [-0.3, -0.25) is 0 Å². The van der Waals surface area contributed by atoms with Gasteiger partial charge in [0.05, 0.1) is 14.9 Å². The molecule has 0 radical (unpaired) electrons. The maximum atomic E-state index is 13.9. The Morgan fingerprint density at radius 3 is 2.65 bits per heavy atom. The van der Waals surface area contributed by atoms with Gasteiger partial charge in [-0.05, 0) is 40.9 Å². The summed E-state index contributed by atoms with van der Waals surface area (Å²) in [7, 11) is 0. The number of rotatable bonds is 1. The number of benzene rings is 1. The van der Waals surface area contributed by atoms with Crippen LogP contribution in [0.1, 0.15) is 18.2 Å². The van der Waals surface area contributed by atoms with Gasteiger partial charge >= 0.3 is 0 Å². The van der Waals surface area contributed by atoms with Crippen molar-refractivity contribution >= 4 is 38.4 Å². The van der Waals surface area contributed by atoms with Crippen LogP contribution in [0.5, 0.6) is 0 Å². The van der Waals surface area contributed by atoms with Gasteiger partial charge in [0.2, 0.25) is 0 Å². The number of pyridine rings is 1. The van der Waals surface area contributed by atoms with E-state index in [1.54, 1.807) is 6.92 Å². The first-order valence-electron chi connectivity index (χ1n) is 5.09. The zero-order valence-electron chi connectivity index (χ0n) is 9.24. The standard InChI is InChI=1S/C12H9BrClF2N/c1-3-8-5(2)10(14)9-11(16)6(13)4-7(15)12(9)17-8/h4H,3H2,1-2H3. The van der Waals surface area contributed by atoms with Crippen molar-refractivity contribution < 1.29 is 8.78 Å². The van der Waals surface area contributed by atoms with E-state index in [2.05, 4.69) is 20.9 Å². The Balaban J connectivity index is 3.01. The molecule has 0 aliphatic heterocycles.